The van der Waals surface area contributed by atoms with Gasteiger partial charge in [0.1, 0.15) is 23.5 Å². The highest BCUT2D eigenvalue weighted by Gasteiger charge is 2.54. The zero-order chi connectivity index (χ0) is 44.5. The Labute approximate surface area is 379 Å². The molecule has 1 fully saturated rings. The predicted octanol–water partition coefficient (Wildman–Crippen LogP) is 8.72. The summed E-state index contributed by atoms with van der Waals surface area (Å²) in [4.78, 5) is 18.5. The van der Waals surface area contributed by atoms with Crippen molar-refractivity contribution in [3.63, 3.8) is 0 Å². The Morgan fingerprint density at radius 3 is 2.23 bits per heavy atom. The maximum Gasteiger partial charge on any atom is 0.233 e. The number of carbonyl (C=O) groups is 1. The van der Waals surface area contributed by atoms with Crippen molar-refractivity contribution in [2.24, 2.45) is 11.7 Å². The van der Waals surface area contributed by atoms with Gasteiger partial charge in [-0.15, -0.1) is 0 Å². The van der Waals surface area contributed by atoms with Gasteiger partial charge >= 0.3 is 0 Å². The molecule has 2 heterocycles. The number of ether oxygens (including phenoxy) is 3. The topological polar surface area (TPSA) is 133 Å². The van der Waals surface area contributed by atoms with Crippen LogP contribution in [0.3, 0.4) is 0 Å². The largest absolute Gasteiger partial charge is 0.493 e. The Morgan fingerprint density at radius 1 is 0.812 bits per heavy atom. The van der Waals surface area contributed by atoms with Gasteiger partial charge in [0.2, 0.25) is 12.7 Å². The van der Waals surface area contributed by atoms with E-state index in [4.69, 9.17) is 19.9 Å². The third-order valence-corrected chi connectivity index (χ3v) is 13.5. The monoisotopic (exact) mass is 871 g/mol. The van der Waals surface area contributed by atoms with Gasteiger partial charge in [-0.05, 0) is 90.2 Å². The number of nitrogens with one attached hydrogen (secondary N) is 1. The molecule has 2 aliphatic heterocycles. The Hall–Kier alpha value is -5.07. The van der Waals surface area contributed by atoms with E-state index in [-0.39, 0.29) is 18.6 Å². The molecular formula is C54H68N3O7+. The molecule has 3 atom stereocenters. The molecule has 10 nitrogen and oxygen atoms in total. The number of quaternary nitrogens is 1. The zero-order valence-electron chi connectivity index (χ0n) is 37.4. The second kappa shape index (κ2) is 23.7. The molecule has 5 N–H and O–H groups in total. The van der Waals surface area contributed by atoms with Crippen molar-refractivity contribution in [3.05, 3.63) is 166 Å². The number of hydrogen-bond acceptors (Lipinski definition) is 8. The average Bonchev–Trinajstić information content (AvgIpc) is 3.98. The second-order valence-electron chi connectivity index (χ2n) is 17.8. The van der Waals surface area contributed by atoms with Gasteiger partial charge in [0.05, 0.1) is 32.3 Å². The molecule has 0 saturated carbocycles. The minimum atomic E-state index is -1.04. The molecular weight excluding hydrogens is 803 g/mol. The molecule has 0 bridgehead atoms. The van der Waals surface area contributed by atoms with Gasteiger partial charge in [-0.25, -0.2) is 5.26 Å². The van der Waals surface area contributed by atoms with Crippen LogP contribution in [0.2, 0.25) is 0 Å². The number of rotatable bonds is 27. The van der Waals surface area contributed by atoms with E-state index < -0.39 is 11.5 Å². The summed E-state index contributed by atoms with van der Waals surface area (Å²) in [6.07, 6.45) is 9.43. The maximum absolute atomic E-state index is 14.1. The van der Waals surface area contributed by atoms with Gasteiger partial charge in [-0.3, -0.25) is 4.79 Å². The van der Waals surface area contributed by atoms with Gasteiger partial charge in [0, 0.05) is 50.5 Å². The fraction of sp³-hybridized carbons (Fsp3) is 0.426. The number of aliphatic hydroxyl groups excluding tert-OH is 1. The smallest absolute Gasteiger partial charge is 0.233 e. The first-order chi connectivity index (χ1) is 31.4. The van der Waals surface area contributed by atoms with Crippen LogP contribution in [-0.2, 0) is 45.6 Å². The number of nitrogens with zero attached hydrogens (tertiary/aromatic N) is 1. The molecule has 2 unspecified atom stereocenters. The standard InChI is InChI=1S/C54H67N3O7/c55-53(59)54(47-19-8-4-9-20-47,48-21-10-5-11-22-48)49-28-32-57(40-49,31-27-43-23-25-51-45(36-43)29-35-62-51)39-46-37-44(24-26-52(46)63-41-64-60)50(58)38-56-30-13-1-2-14-33-61-34-15-12-18-42-16-6-3-7-17-42/h3-11,16-17,19-26,36-37,49-50,56,58H,1-2,12-15,18,27-35,38-41H2,(H2-,55,59,60)/p+1/t49-,50?,57?/m1/s1. The summed E-state index contributed by atoms with van der Waals surface area (Å²) in [7, 11) is 0. The summed E-state index contributed by atoms with van der Waals surface area (Å²) in [6, 6.07) is 42.9. The number of fused-ring (bicyclic) bond motifs is 1. The SMILES string of the molecule is NC(=O)C(c1ccccc1)(c1ccccc1)[C@@H]1CC[N+](CCc2ccc3c(c2)CCO3)(Cc2cc(C(O)CNCCCCCCOCCCCc3ccccc3)ccc2OCOO)C1. The quantitative estimate of drug-likeness (QED) is 0.0136. The van der Waals surface area contributed by atoms with E-state index in [1.54, 1.807) is 0 Å². The number of likely N-dealkylation sites (tertiary alicyclic amines) is 1. The molecule has 0 aliphatic carbocycles. The number of nitrogens with two attached hydrogens (primary N) is 1. The fourth-order valence-corrected chi connectivity index (χ4v) is 10.1. The van der Waals surface area contributed by atoms with Crippen LogP contribution in [0, 0.1) is 5.92 Å². The summed E-state index contributed by atoms with van der Waals surface area (Å²) in [6.45, 7) is 6.12. The zero-order valence-corrected chi connectivity index (χ0v) is 37.4. The van der Waals surface area contributed by atoms with Gasteiger partial charge in [-0.1, -0.05) is 122 Å². The third kappa shape index (κ3) is 12.2. The molecule has 0 aromatic heterocycles. The summed E-state index contributed by atoms with van der Waals surface area (Å²) in [5.74, 6) is 1.08. The molecule has 1 saturated heterocycles. The van der Waals surface area contributed by atoms with E-state index in [1.807, 2.05) is 78.9 Å². The lowest BCUT2D eigenvalue weighted by molar-refractivity contribution is -0.931. The minimum Gasteiger partial charge on any atom is -0.493 e. The minimum absolute atomic E-state index is 0.103. The van der Waals surface area contributed by atoms with Crippen molar-refractivity contribution >= 4 is 5.91 Å². The second-order valence-corrected chi connectivity index (χ2v) is 17.8. The summed E-state index contributed by atoms with van der Waals surface area (Å²) in [5.41, 5.74) is 12.9. The molecule has 340 valence electrons. The van der Waals surface area contributed by atoms with Crippen LogP contribution in [0.4, 0.5) is 0 Å². The van der Waals surface area contributed by atoms with Crippen molar-refractivity contribution < 1.29 is 38.7 Å². The van der Waals surface area contributed by atoms with Crippen LogP contribution >= 0.6 is 0 Å². The Bertz CT molecular complexity index is 2130. The van der Waals surface area contributed by atoms with Crippen molar-refractivity contribution in [2.45, 2.75) is 82.3 Å². The normalized spacial score (nSPS) is 17.5. The maximum atomic E-state index is 14.1. The molecule has 10 heteroatoms. The van der Waals surface area contributed by atoms with E-state index in [0.29, 0.717) is 36.5 Å². The van der Waals surface area contributed by atoms with Crippen LogP contribution in [0.5, 0.6) is 11.5 Å². The molecule has 1 amide bonds. The highest BCUT2D eigenvalue weighted by Crippen LogP contribution is 2.46. The molecule has 64 heavy (non-hydrogen) atoms. The van der Waals surface area contributed by atoms with Gasteiger partial charge < -0.3 is 34.9 Å². The lowest BCUT2D eigenvalue weighted by Crippen LogP contribution is -2.52. The first kappa shape index (κ1) is 46.9. The van der Waals surface area contributed by atoms with E-state index >= 15 is 0 Å². The van der Waals surface area contributed by atoms with Crippen LogP contribution in [0.15, 0.2) is 127 Å². The number of benzene rings is 5. The first-order valence-electron chi connectivity index (χ1n) is 23.4. The van der Waals surface area contributed by atoms with Crippen LogP contribution in [-0.4, -0.2) is 80.1 Å². The number of carbonyl (C=O) groups excluding carboxylic acids is 1. The van der Waals surface area contributed by atoms with Crippen LogP contribution < -0.4 is 20.5 Å². The molecule has 0 spiro atoms. The van der Waals surface area contributed by atoms with E-state index in [9.17, 15) is 15.2 Å². The van der Waals surface area contributed by atoms with Crippen LogP contribution in [0.25, 0.3) is 0 Å². The summed E-state index contributed by atoms with van der Waals surface area (Å²) < 4.78 is 18.3. The van der Waals surface area contributed by atoms with E-state index in [2.05, 4.69) is 58.7 Å². The van der Waals surface area contributed by atoms with Gasteiger partial charge in [0.25, 0.3) is 0 Å². The highest BCUT2D eigenvalue weighted by molar-refractivity contribution is 5.91. The van der Waals surface area contributed by atoms with Crippen molar-refractivity contribution in [1.82, 2.24) is 5.32 Å². The number of aryl methyl sites for hydroxylation is 1. The Morgan fingerprint density at radius 2 is 1.52 bits per heavy atom. The van der Waals surface area contributed by atoms with Gasteiger partial charge in [0.15, 0.2) is 0 Å². The Balaban J connectivity index is 1.01. The van der Waals surface area contributed by atoms with Gasteiger partial charge in [-0.2, -0.15) is 4.89 Å². The fourth-order valence-electron chi connectivity index (χ4n) is 10.1. The van der Waals surface area contributed by atoms with E-state index in [1.165, 1.54) is 16.7 Å². The predicted molar refractivity (Wildman–Crippen MR) is 251 cm³/mol. The van der Waals surface area contributed by atoms with Crippen LogP contribution in [0.1, 0.15) is 90.0 Å². The Kier molecular flexibility index (Phi) is 17.4. The van der Waals surface area contributed by atoms with Crippen molar-refractivity contribution in [2.75, 3.05) is 59.3 Å². The highest BCUT2D eigenvalue weighted by atomic mass is 17.1. The average molecular weight is 871 g/mol. The summed E-state index contributed by atoms with van der Waals surface area (Å²) >= 11 is 0. The molecule has 5 aromatic carbocycles. The number of aliphatic hydroxyl groups is 1. The molecule has 5 aromatic rings. The summed E-state index contributed by atoms with van der Waals surface area (Å²) in [5, 5.41) is 24.3. The number of primary amides is 1. The number of hydrogen-bond donors (Lipinski definition) is 4. The third-order valence-electron chi connectivity index (χ3n) is 13.5. The molecule has 7 rings (SSSR count). The molecule has 2 aliphatic rings. The van der Waals surface area contributed by atoms with Crippen molar-refractivity contribution in [3.8, 4) is 11.5 Å². The van der Waals surface area contributed by atoms with E-state index in [0.717, 1.165) is 125 Å². The lowest BCUT2D eigenvalue weighted by atomic mass is 9.64. The van der Waals surface area contributed by atoms with Crippen molar-refractivity contribution in [1.29, 1.82) is 0 Å². The molecule has 0 radical (unpaired) electrons. The first-order valence-corrected chi connectivity index (χ1v) is 23.4. The lowest BCUT2D eigenvalue weighted by Gasteiger charge is -2.40. The number of amides is 1. The number of unbranched alkanes of at least 4 members (excludes halogenated alkanes) is 4.